The quantitative estimate of drug-likeness (QED) is 0.550. The van der Waals surface area contributed by atoms with Gasteiger partial charge in [-0.15, -0.1) is 24.8 Å². The molecule has 0 radical (unpaired) electrons. The molecule has 7 heteroatoms. The van der Waals surface area contributed by atoms with Crippen molar-refractivity contribution in [2.24, 2.45) is 5.92 Å². The Morgan fingerprint density at radius 1 is 0.903 bits per heavy atom. The first-order chi connectivity index (χ1) is 14.1. The van der Waals surface area contributed by atoms with Crippen LogP contribution in [0.25, 0.3) is 0 Å². The van der Waals surface area contributed by atoms with Crippen LogP contribution in [0.15, 0.2) is 42.5 Å². The first kappa shape index (κ1) is 27.4. The molecule has 1 saturated heterocycles. The molecule has 0 amide bonds. The standard InChI is InChI=1S/C24H34N2O3.2ClH/c1-18(2)14-21(26-12-10-25-11-13-26)20-15-23(27-3)24(28-4)16-22(20)29-17-19-8-6-5-7-9-19;;/h5-9,15-16,18,21,25H,10-14,17H2,1-4H3;2*1H/t21-;;/m0../s1. The zero-order valence-corrected chi connectivity index (χ0v) is 20.6. The van der Waals surface area contributed by atoms with Crippen molar-refractivity contribution in [3.8, 4) is 17.2 Å². The van der Waals surface area contributed by atoms with Crippen molar-refractivity contribution >= 4 is 24.8 Å². The van der Waals surface area contributed by atoms with E-state index in [0.717, 1.165) is 49.7 Å². The van der Waals surface area contributed by atoms with Gasteiger partial charge in [-0.3, -0.25) is 4.90 Å². The zero-order valence-electron chi connectivity index (χ0n) is 18.9. The molecule has 3 rings (SSSR count). The first-order valence-corrected chi connectivity index (χ1v) is 10.5. The van der Waals surface area contributed by atoms with Crippen LogP contribution in [0.2, 0.25) is 0 Å². The zero-order chi connectivity index (χ0) is 20.6. The molecular formula is C24H36Cl2N2O3. The number of halogens is 2. The lowest BCUT2D eigenvalue weighted by Gasteiger charge is -2.37. The van der Waals surface area contributed by atoms with Crippen LogP contribution < -0.4 is 19.5 Å². The molecule has 1 N–H and O–H groups in total. The Kier molecular flexibility index (Phi) is 12.1. The Hall–Kier alpha value is -1.66. The van der Waals surface area contributed by atoms with E-state index < -0.39 is 0 Å². The van der Waals surface area contributed by atoms with E-state index >= 15 is 0 Å². The van der Waals surface area contributed by atoms with Crippen molar-refractivity contribution in [2.75, 3.05) is 40.4 Å². The highest BCUT2D eigenvalue weighted by Gasteiger charge is 2.27. The van der Waals surface area contributed by atoms with E-state index in [9.17, 15) is 0 Å². The van der Waals surface area contributed by atoms with Gasteiger partial charge in [0.25, 0.3) is 0 Å². The van der Waals surface area contributed by atoms with E-state index in [1.54, 1.807) is 14.2 Å². The van der Waals surface area contributed by atoms with Gasteiger partial charge in [-0.1, -0.05) is 44.2 Å². The summed E-state index contributed by atoms with van der Waals surface area (Å²) in [7, 11) is 3.36. The molecule has 0 bridgehead atoms. The van der Waals surface area contributed by atoms with Crippen LogP contribution in [0.3, 0.4) is 0 Å². The molecule has 1 atom stereocenters. The van der Waals surface area contributed by atoms with Crippen molar-refractivity contribution in [1.29, 1.82) is 0 Å². The molecule has 1 aliphatic rings. The van der Waals surface area contributed by atoms with Gasteiger partial charge < -0.3 is 19.5 Å². The molecule has 1 fully saturated rings. The fraction of sp³-hybridized carbons (Fsp3) is 0.500. The maximum atomic E-state index is 6.34. The summed E-state index contributed by atoms with van der Waals surface area (Å²) in [6.45, 7) is 9.18. The summed E-state index contributed by atoms with van der Waals surface area (Å²) < 4.78 is 17.5. The van der Waals surface area contributed by atoms with Crippen LogP contribution in [-0.2, 0) is 6.61 Å². The number of nitrogens with one attached hydrogen (secondary N) is 1. The summed E-state index contributed by atoms with van der Waals surface area (Å²) in [5.41, 5.74) is 2.32. The third-order valence-electron chi connectivity index (χ3n) is 5.40. The third kappa shape index (κ3) is 7.46. The van der Waals surface area contributed by atoms with E-state index in [2.05, 4.69) is 42.3 Å². The fourth-order valence-electron chi connectivity index (χ4n) is 3.91. The van der Waals surface area contributed by atoms with E-state index in [0.29, 0.717) is 18.3 Å². The largest absolute Gasteiger partial charge is 0.493 e. The predicted octanol–water partition coefficient (Wildman–Crippen LogP) is 5.12. The topological polar surface area (TPSA) is 43.0 Å². The average molecular weight is 471 g/mol. The number of rotatable bonds is 9. The number of benzene rings is 2. The van der Waals surface area contributed by atoms with Gasteiger partial charge >= 0.3 is 0 Å². The number of nitrogens with zero attached hydrogens (tertiary/aromatic N) is 1. The molecular weight excluding hydrogens is 435 g/mol. The number of hydrogen-bond donors (Lipinski definition) is 1. The number of methoxy groups -OCH3 is 2. The lowest BCUT2D eigenvalue weighted by molar-refractivity contribution is 0.149. The minimum atomic E-state index is 0. The number of piperazine rings is 1. The van der Waals surface area contributed by atoms with Gasteiger partial charge in [0.05, 0.1) is 14.2 Å². The van der Waals surface area contributed by atoms with Gasteiger partial charge in [-0.05, 0) is 24.0 Å². The molecule has 0 saturated carbocycles. The monoisotopic (exact) mass is 470 g/mol. The first-order valence-electron chi connectivity index (χ1n) is 10.5. The number of ether oxygens (including phenoxy) is 3. The van der Waals surface area contributed by atoms with Crippen molar-refractivity contribution in [3.05, 3.63) is 53.6 Å². The van der Waals surface area contributed by atoms with Crippen LogP contribution in [-0.4, -0.2) is 45.3 Å². The minimum Gasteiger partial charge on any atom is -0.493 e. The molecule has 0 spiro atoms. The lowest BCUT2D eigenvalue weighted by atomic mass is 9.93. The smallest absolute Gasteiger partial charge is 0.164 e. The van der Waals surface area contributed by atoms with Crippen LogP contribution in [0.1, 0.15) is 37.4 Å². The summed E-state index contributed by atoms with van der Waals surface area (Å²) in [6.07, 6.45) is 1.07. The van der Waals surface area contributed by atoms with E-state index in [4.69, 9.17) is 14.2 Å². The normalized spacial score (nSPS) is 14.9. The summed E-state index contributed by atoms with van der Waals surface area (Å²) in [6, 6.07) is 14.6. The van der Waals surface area contributed by atoms with Crippen LogP contribution in [0, 0.1) is 5.92 Å². The van der Waals surface area contributed by atoms with E-state index in [-0.39, 0.29) is 30.9 Å². The Morgan fingerprint density at radius 3 is 2.10 bits per heavy atom. The predicted molar refractivity (Wildman–Crippen MR) is 131 cm³/mol. The molecule has 2 aromatic carbocycles. The second-order valence-electron chi connectivity index (χ2n) is 7.95. The van der Waals surface area contributed by atoms with Gasteiger partial charge in [0.15, 0.2) is 11.5 Å². The molecule has 0 unspecified atom stereocenters. The van der Waals surface area contributed by atoms with E-state index in [1.807, 2.05) is 24.3 Å². The van der Waals surface area contributed by atoms with E-state index in [1.165, 1.54) is 5.56 Å². The van der Waals surface area contributed by atoms with Crippen molar-refractivity contribution in [1.82, 2.24) is 10.2 Å². The highest BCUT2D eigenvalue weighted by molar-refractivity contribution is 5.85. The molecule has 31 heavy (non-hydrogen) atoms. The van der Waals surface area contributed by atoms with Crippen molar-refractivity contribution in [2.45, 2.75) is 32.9 Å². The Bertz CT molecular complexity index is 769. The number of hydrogen-bond acceptors (Lipinski definition) is 5. The second kappa shape index (κ2) is 13.7. The summed E-state index contributed by atoms with van der Waals surface area (Å²) in [5.74, 6) is 2.89. The maximum Gasteiger partial charge on any atom is 0.164 e. The molecule has 0 aromatic heterocycles. The average Bonchev–Trinajstić information content (AvgIpc) is 2.76. The van der Waals surface area contributed by atoms with Gasteiger partial charge in [0.2, 0.25) is 0 Å². The van der Waals surface area contributed by atoms with Gasteiger partial charge in [0, 0.05) is 43.9 Å². The van der Waals surface area contributed by atoms with Crippen LogP contribution >= 0.6 is 24.8 Å². The van der Waals surface area contributed by atoms with Crippen molar-refractivity contribution in [3.63, 3.8) is 0 Å². The minimum absolute atomic E-state index is 0. The Morgan fingerprint density at radius 2 is 1.52 bits per heavy atom. The maximum absolute atomic E-state index is 6.34. The van der Waals surface area contributed by atoms with Crippen molar-refractivity contribution < 1.29 is 14.2 Å². The third-order valence-corrected chi connectivity index (χ3v) is 5.40. The Balaban J connectivity index is 0.00000240. The lowest BCUT2D eigenvalue weighted by Crippen LogP contribution is -2.45. The summed E-state index contributed by atoms with van der Waals surface area (Å²) in [5, 5.41) is 3.46. The summed E-state index contributed by atoms with van der Waals surface area (Å²) in [4.78, 5) is 2.56. The highest BCUT2D eigenvalue weighted by Crippen LogP contribution is 2.41. The van der Waals surface area contributed by atoms with Crippen LogP contribution in [0.5, 0.6) is 17.2 Å². The van der Waals surface area contributed by atoms with Gasteiger partial charge in [0.1, 0.15) is 12.4 Å². The molecule has 174 valence electrons. The molecule has 5 nitrogen and oxygen atoms in total. The highest BCUT2D eigenvalue weighted by atomic mass is 35.5. The SMILES string of the molecule is COc1cc(OCc2ccccc2)c([C@H](CC(C)C)N2CCNCC2)cc1OC.Cl.Cl. The molecule has 0 aliphatic carbocycles. The van der Waals surface area contributed by atoms with Gasteiger partial charge in [-0.25, -0.2) is 0 Å². The second-order valence-corrected chi connectivity index (χ2v) is 7.95. The molecule has 2 aromatic rings. The fourth-order valence-corrected chi connectivity index (χ4v) is 3.91. The Labute approximate surface area is 199 Å². The van der Waals surface area contributed by atoms with Gasteiger partial charge in [-0.2, -0.15) is 0 Å². The van der Waals surface area contributed by atoms with Crippen LogP contribution in [0.4, 0.5) is 0 Å². The molecule has 1 aliphatic heterocycles. The molecule has 1 heterocycles. The summed E-state index contributed by atoms with van der Waals surface area (Å²) >= 11 is 0.